The Bertz CT molecular complexity index is 638. The summed E-state index contributed by atoms with van der Waals surface area (Å²) in [6.45, 7) is 0.733. The molecule has 3 heterocycles. The number of halogens is 4. The van der Waals surface area contributed by atoms with Crippen LogP contribution in [0.15, 0.2) is 12.4 Å². The highest BCUT2D eigenvalue weighted by molar-refractivity contribution is 6.16. The second-order valence-corrected chi connectivity index (χ2v) is 4.78. The van der Waals surface area contributed by atoms with E-state index >= 15 is 0 Å². The van der Waals surface area contributed by atoms with Crippen molar-refractivity contribution in [3.8, 4) is 0 Å². The van der Waals surface area contributed by atoms with E-state index in [0.717, 1.165) is 4.57 Å². The van der Waals surface area contributed by atoms with Gasteiger partial charge in [0.05, 0.1) is 30.5 Å². The molecule has 0 fully saturated rings. The van der Waals surface area contributed by atoms with Crippen molar-refractivity contribution in [1.82, 2.24) is 24.7 Å². The average molecular weight is 319 g/mol. The molecule has 0 aromatic carbocycles. The van der Waals surface area contributed by atoms with E-state index in [1.807, 2.05) is 0 Å². The van der Waals surface area contributed by atoms with E-state index in [-0.39, 0.29) is 24.8 Å². The van der Waals surface area contributed by atoms with Gasteiger partial charge in [0, 0.05) is 13.1 Å². The summed E-state index contributed by atoms with van der Waals surface area (Å²) in [7, 11) is 0. The van der Waals surface area contributed by atoms with E-state index in [1.165, 1.54) is 0 Å². The molecule has 0 saturated heterocycles. The van der Waals surface area contributed by atoms with Crippen LogP contribution in [0.2, 0.25) is 0 Å². The number of nitrogens with zero attached hydrogens (tertiary/aromatic N) is 6. The summed E-state index contributed by atoms with van der Waals surface area (Å²) in [6.07, 6.45) is -1.40. The summed E-state index contributed by atoms with van der Waals surface area (Å²) in [5, 5.41) is 6.85. The molecule has 0 aliphatic carbocycles. The molecule has 0 amide bonds. The number of fused-ring (bicyclic) bond motifs is 1. The third-order valence-electron chi connectivity index (χ3n) is 3.16. The van der Waals surface area contributed by atoms with Gasteiger partial charge in [-0.15, -0.1) is 21.8 Å². The molecule has 0 bridgehead atoms. The van der Waals surface area contributed by atoms with Crippen LogP contribution in [0.1, 0.15) is 17.3 Å². The van der Waals surface area contributed by atoms with Crippen LogP contribution in [0.25, 0.3) is 0 Å². The molecule has 21 heavy (non-hydrogen) atoms. The maximum Gasteiger partial charge on any atom is 0.451 e. The summed E-state index contributed by atoms with van der Waals surface area (Å²) >= 11 is 5.63. The van der Waals surface area contributed by atoms with Crippen LogP contribution in [-0.2, 0) is 25.1 Å². The minimum atomic E-state index is -4.49. The van der Waals surface area contributed by atoms with Gasteiger partial charge in [-0.25, -0.2) is 4.98 Å². The van der Waals surface area contributed by atoms with Gasteiger partial charge in [-0.1, -0.05) is 0 Å². The molecule has 1 aliphatic rings. The molecular formula is C11H10ClF3N6. The highest BCUT2D eigenvalue weighted by Gasteiger charge is 2.39. The standard InChI is InChI=1S/C11H10ClF3N6/c12-3-7-4-17-8(5-16-7)20-1-2-21-9(6-20)18-19-10(21)11(13,14)15/h4-5H,1-3,6H2. The molecule has 1 aliphatic heterocycles. The molecule has 0 atom stereocenters. The minimum Gasteiger partial charge on any atom is -0.346 e. The lowest BCUT2D eigenvalue weighted by molar-refractivity contribution is -0.147. The molecule has 2 aromatic rings. The van der Waals surface area contributed by atoms with Crippen LogP contribution >= 0.6 is 11.6 Å². The molecule has 6 nitrogen and oxygen atoms in total. The first kappa shape index (κ1) is 14.1. The van der Waals surface area contributed by atoms with E-state index in [1.54, 1.807) is 17.3 Å². The van der Waals surface area contributed by atoms with Crippen molar-refractivity contribution < 1.29 is 13.2 Å². The fourth-order valence-electron chi connectivity index (χ4n) is 2.14. The first-order valence-corrected chi connectivity index (χ1v) is 6.63. The van der Waals surface area contributed by atoms with Crippen LogP contribution in [0, 0.1) is 0 Å². The molecule has 3 rings (SSSR count). The Morgan fingerprint density at radius 1 is 1.14 bits per heavy atom. The van der Waals surface area contributed by atoms with Crippen molar-refractivity contribution in [2.45, 2.75) is 25.1 Å². The molecule has 0 N–H and O–H groups in total. The van der Waals surface area contributed by atoms with E-state index < -0.39 is 12.0 Å². The van der Waals surface area contributed by atoms with Crippen molar-refractivity contribution in [2.75, 3.05) is 11.4 Å². The monoisotopic (exact) mass is 318 g/mol. The molecule has 10 heteroatoms. The number of anilines is 1. The molecule has 0 saturated carbocycles. The average Bonchev–Trinajstić information content (AvgIpc) is 2.90. The van der Waals surface area contributed by atoms with Crippen LogP contribution in [-0.4, -0.2) is 31.3 Å². The number of rotatable bonds is 2. The van der Waals surface area contributed by atoms with Gasteiger partial charge < -0.3 is 9.47 Å². The second-order valence-electron chi connectivity index (χ2n) is 4.51. The fraction of sp³-hybridized carbons (Fsp3) is 0.455. The lowest BCUT2D eigenvalue weighted by Crippen LogP contribution is -2.35. The van der Waals surface area contributed by atoms with E-state index in [0.29, 0.717) is 18.1 Å². The Hall–Kier alpha value is -1.90. The Balaban J connectivity index is 1.83. The smallest absolute Gasteiger partial charge is 0.346 e. The van der Waals surface area contributed by atoms with E-state index in [9.17, 15) is 13.2 Å². The van der Waals surface area contributed by atoms with Gasteiger partial charge in [-0.2, -0.15) is 13.2 Å². The van der Waals surface area contributed by atoms with Gasteiger partial charge in [-0.05, 0) is 0 Å². The Morgan fingerprint density at radius 2 is 1.95 bits per heavy atom. The summed E-state index contributed by atoms with van der Waals surface area (Å²) in [6, 6.07) is 0. The molecule has 0 unspecified atom stereocenters. The predicted molar refractivity (Wildman–Crippen MR) is 67.7 cm³/mol. The number of aromatic nitrogens is 5. The van der Waals surface area contributed by atoms with Gasteiger partial charge in [0.2, 0.25) is 5.82 Å². The van der Waals surface area contributed by atoms with Crippen LogP contribution in [0.4, 0.5) is 19.0 Å². The Labute approximate surface area is 122 Å². The Morgan fingerprint density at radius 3 is 2.57 bits per heavy atom. The lowest BCUT2D eigenvalue weighted by atomic mass is 10.3. The van der Waals surface area contributed by atoms with E-state index in [4.69, 9.17) is 11.6 Å². The van der Waals surface area contributed by atoms with Gasteiger partial charge in [0.1, 0.15) is 5.82 Å². The van der Waals surface area contributed by atoms with Gasteiger partial charge >= 0.3 is 6.18 Å². The van der Waals surface area contributed by atoms with Crippen LogP contribution < -0.4 is 4.90 Å². The molecular weight excluding hydrogens is 309 g/mol. The van der Waals surface area contributed by atoms with Crippen molar-refractivity contribution >= 4 is 17.4 Å². The fourth-order valence-corrected chi connectivity index (χ4v) is 2.28. The maximum absolute atomic E-state index is 12.7. The highest BCUT2D eigenvalue weighted by atomic mass is 35.5. The molecule has 0 spiro atoms. The normalized spacial score (nSPS) is 15.1. The zero-order chi connectivity index (χ0) is 15.0. The Kier molecular flexibility index (Phi) is 3.44. The first-order chi connectivity index (χ1) is 9.99. The highest BCUT2D eigenvalue weighted by Crippen LogP contribution is 2.30. The summed E-state index contributed by atoms with van der Waals surface area (Å²) in [4.78, 5) is 10.1. The van der Waals surface area contributed by atoms with Crippen molar-refractivity contribution in [3.05, 3.63) is 29.7 Å². The number of hydrogen-bond acceptors (Lipinski definition) is 5. The van der Waals surface area contributed by atoms with E-state index in [2.05, 4.69) is 20.2 Å². The third-order valence-corrected chi connectivity index (χ3v) is 3.43. The minimum absolute atomic E-state index is 0.149. The quantitative estimate of drug-likeness (QED) is 0.791. The second kappa shape index (κ2) is 5.14. The maximum atomic E-state index is 12.7. The van der Waals surface area contributed by atoms with Gasteiger partial charge in [0.25, 0.3) is 0 Å². The molecule has 112 valence electrons. The summed E-state index contributed by atoms with van der Waals surface area (Å²) in [5.74, 6) is 0.139. The topological polar surface area (TPSA) is 59.7 Å². The zero-order valence-corrected chi connectivity index (χ0v) is 11.4. The predicted octanol–water partition coefficient (Wildman–Crippen LogP) is 1.85. The van der Waals surface area contributed by atoms with Gasteiger partial charge in [-0.3, -0.25) is 4.98 Å². The lowest BCUT2D eigenvalue weighted by Gasteiger charge is -2.28. The van der Waals surface area contributed by atoms with Crippen molar-refractivity contribution in [3.63, 3.8) is 0 Å². The van der Waals surface area contributed by atoms with Crippen molar-refractivity contribution in [2.24, 2.45) is 0 Å². The first-order valence-electron chi connectivity index (χ1n) is 6.10. The third kappa shape index (κ3) is 2.65. The van der Waals surface area contributed by atoms with Gasteiger partial charge in [0.15, 0.2) is 5.82 Å². The van der Waals surface area contributed by atoms with Crippen LogP contribution in [0.3, 0.4) is 0 Å². The SMILES string of the molecule is FC(F)(F)c1nnc2n1CCN(c1cnc(CCl)cn1)C2. The molecule has 2 aromatic heterocycles. The number of alkyl halides is 4. The van der Waals surface area contributed by atoms with Crippen molar-refractivity contribution in [1.29, 1.82) is 0 Å². The number of hydrogen-bond donors (Lipinski definition) is 0. The largest absolute Gasteiger partial charge is 0.451 e. The zero-order valence-electron chi connectivity index (χ0n) is 10.7. The summed E-state index contributed by atoms with van der Waals surface area (Å²) in [5.41, 5.74) is 0.639. The molecule has 0 radical (unpaired) electrons. The summed E-state index contributed by atoms with van der Waals surface area (Å²) < 4.78 is 39.3. The van der Waals surface area contributed by atoms with Crippen LogP contribution in [0.5, 0.6) is 0 Å².